The largest absolute Gasteiger partial charge is 0.417 e. The first-order chi connectivity index (χ1) is 13.3. The third-order valence-corrected chi connectivity index (χ3v) is 5.24. The molecule has 2 aliphatic rings. The number of aryl methyl sites for hydroxylation is 1. The normalized spacial score (nSPS) is 19.5. The smallest absolute Gasteiger partial charge is 0.300 e. The molecule has 2 aliphatic heterocycles. The number of rotatable bonds is 2. The summed E-state index contributed by atoms with van der Waals surface area (Å²) in [5.41, 5.74) is 5.10. The van der Waals surface area contributed by atoms with Crippen molar-refractivity contribution in [1.82, 2.24) is 19.5 Å². The van der Waals surface area contributed by atoms with E-state index in [-0.39, 0.29) is 11.7 Å². The van der Waals surface area contributed by atoms with E-state index in [4.69, 9.17) is 0 Å². The number of aromatic nitrogens is 3. The topological polar surface area (TPSA) is 63.1 Å². The Morgan fingerprint density at radius 2 is 2.07 bits per heavy atom. The maximum atomic E-state index is 13.0. The third-order valence-electron chi connectivity index (χ3n) is 5.24. The van der Waals surface area contributed by atoms with Gasteiger partial charge < -0.3 is 0 Å². The number of pyridine rings is 1. The molecule has 0 amide bonds. The Morgan fingerprint density at radius 3 is 2.79 bits per heavy atom. The highest BCUT2D eigenvalue weighted by atomic mass is 19.4. The molecule has 9 heteroatoms. The summed E-state index contributed by atoms with van der Waals surface area (Å²) < 4.78 is 40.5. The van der Waals surface area contributed by atoms with Gasteiger partial charge in [0.15, 0.2) is 5.82 Å². The number of hydrogen-bond acceptors (Lipinski definition) is 5. The van der Waals surface area contributed by atoms with Crippen molar-refractivity contribution in [1.29, 1.82) is 0 Å². The molecular formula is C19H20F3N5O. The molecule has 2 aromatic heterocycles. The van der Waals surface area contributed by atoms with Gasteiger partial charge in [0, 0.05) is 43.2 Å². The van der Waals surface area contributed by atoms with Crippen LogP contribution in [0.15, 0.2) is 28.8 Å². The lowest BCUT2D eigenvalue weighted by Crippen LogP contribution is -2.52. The molecule has 1 N–H and O–H groups in total. The number of nitrogens with zero attached hydrogens (tertiary/aromatic N) is 4. The Labute approximate surface area is 159 Å². The Hall–Kier alpha value is -2.68. The number of halogens is 3. The maximum absolute atomic E-state index is 13.0. The summed E-state index contributed by atoms with van der Waals surface area (Å²) in [4.78, 5) is 23.0. The van der Waals surface area contributed by atoms with Crippen LogP contribution in [0.5, 0.6) is 0 Å². The van der Waals surface area contributed by atoms with E-state index in [2.05, 4.69) is 15.4 Å². The fraction of sp³-hybridized carbons (Fsp3) is 0.421. The van der Waals surface area contributed by atoms with Crippen LogP contribution in [0.3, 0.4) is 0 Å². The second-order valence-electron chi connectivity index (χ2n) is 7.10. The Morgan fingerprint density at radius 1 is 1.29 bits per heavy atom. The highest BCUT2D eigenvalue weighted by molar-refractivity contribution is 5.50. The lowest BCUT2D eigenvalue weighted by atomic mass is 10.0. The zero-order valence-corrected chi connectivity index (χ0v) is 15.5. The van der Waals surface area contributed by atoms with Crippen LogP contribution in [-0.2, 0) is 25.6 Å². The van der Waals surface area contributed by atoms with Crippen molar-refractivity contribution in [2.75, 3.05) is 12.0 Å². The van der Waals surface area contributed by atoms with E-state index in [1.54, 1.807) is 6.20 Å². The van der Waals surface area contributed by atoms with Crippen molar-refractivity contribution in [3.05, 3.63) is 62.6 Å². The first-order valence-corrected chi connectivity index (χ1v) is 9.12. The molecule has 0 bridgehead atoms. The minimum Gasteiger partial charge on any atom is -0.300 e. The Balaban J connectivity index is 1.64. The van der Waals surface area contributed by atoms with Gasteiger partial charge in [0.2, 0.25) is 0 Å². The summed E-state index contributed by atoms with van der Waals surface area (Å²) >= 11 is 0. The van der Waals surface area contributed by atoms with Crippen molar-refractivity contribution in [3.8, 4) is 0 Å². The summed E-state index contributed by atoms with van der Waals surface area (Å²) in [5, 5.41) is 0. The van der Waals surface area contributed by atoms with Crippen LogP contribution >= 0.6 is 0 Å². The molecule has 0 fully saturated rings. The minimum atomic E-state index is -4.42. The summed E-state index contributed by atoms with van der Waals surface area (Å²) in [6, 6.07) is 1.17. The average molecular weight is 391 g/mol. The first-order valence-electron chi connectivity index (χ1n) is 9.12. The molecule has 4 rings (SSSR count). The predicted molar refractivity (Wildman–Crippen MR) is 98.0 cm³/mol. The van der Waals surface area contributed by atoms with Crippen LogP contribution in [0.2, 0.25) is 0 Å². The number of hydrogen-bond donors (Lipinski definition) is 1. The molecule has 0 saturated carbocycles. The molecule has 6 nitrogen and oxygen atoms in total. The molecule has 0 spiro atoms. The first kappa shape index (κ1) is 18.7. The highest BCUT2D eigenvalue weighted by Crippen LogP contribution is 2.32. The quantitative estimate of drug-likeness (QED) is 0.853. The third kappa shape index (κ3) is 3.19. The zero-order chi connectivity index (χ0) is 20.1. The van der Waals surface area contributed by atoms with Crippen molar-refractivity contribution < 1.29 is 13.2 Å². The average Bonchev–Trinajstić information content (AvgIpc) is 2.66. The van der Waals surface area contributed by atoms with E-state index in [1.165, 1.54) is 10.7 Å². The molecule has 28 heavy (non-hydrogen) atoms. The van der Waals surface area contributed by atoms with Gasteiger partial charge in [-0.15, -0.1) is 0 Å². The number of nitrogens with one attached hydrogen (secondary N) is 1. The molecule has 0 aliphatic carbocycles. The van der Waals surface area contributed by atoms with E-state index >= 15 is 0 Å². The van der Waals surface area contributed by atoms with Crippen LogP contribution in [0, 0.1) is 0 Å². The molecule has 2 aromatic rings. The van der Waals surface area contributed by atoms with Crippen LogP contribution in [0.25, 0.3) is 6.08 Å². The molecule has 1 atom stereocenters. The van der Waals surface area contributed by atoms with Crippen molar-refractivity contribution in [2.45, 2.75) is 45.6 Å². The summed E-state index contributed by atoms with van der Waals surface area (Å²) in [7, 11) is 0. The molecule has 4 heterocycles. The Kier molecular flexibility index (Phi) is 4.49. The number of alkyl halides is 3. The van der Waals surface area contributed by atoms with Crippen LogP contribution in [0.1, 0.15) is 42.1 Å². The van der Waals surface area contributed by atoms with Gasteiger partial charge in [-0.25, -0.2) is 9.66 Å². The summed E-state index contributed by atoms with van der Waals surface area (Å²) in [6.07, 6.45) is 0.715. The van der Waals surface area contributed by atoms with Gasteiger partial charge in [-0.1, -0.05) is 6.92 Å². The monoisotopic (exact) mass is 391 g/mol. The van der Waals surface area contributed by atoms with Crippen LogP contribution in [0.4, 0.5) is 13.2 Å². The molecule has 1 unspecified atom stereocenters. The van der Waals surface area contributed by atoms with E-state index in [1.807, 2.05) is 24.8 Å². The van der Waals surface area contributed by atoms with Gasteiger partial charge in [-0.2, -0.15) is 13.2 Å². The fourth-order valence-electron chi connectivity index (χ4n) is 3.67. The summed E-state index contributed by atoms with van der Waals surface area (Å²) in [5.74, 6) is 0.523. The van der Waals surface area contributed by atoms with Gasteiger partial charge in [0.25, 0.3) is 5.56 Å². The zero-order valence-electron chi connectivity index (χ0n) is 15.5. The van der Waals surface area contributed by atoms with Gasteiger partial charge in [-0.05, 0) is 36.6 Å². The molecule has 0 saturated heterocycles. The fourth-order valence-corrected chi connectivity index (χ4v) is 3.67. The maximum Gasteiger partial charge on any atom is 0.417 e. The lowest BCUT2D eigenvalue weighted by molar-refractivity contribution is -0.137. The standard InChI is InChI=1S/C19H20F3N5O/c1-3-12-8-24-16-6-11(2)17(25-27(16)18(12)28)26-5-4-15-13(10-26)7-14(9-23-15)19(20,21)22/h6-9,17,25H,3-5,10H2,1-2H3. The lowest BCUT2D eigenvalue weighted by Gasteiger charge is -2.39. The van der Waals surface area contributed by atoms with E-state index in [9.17, 15) is 18.0 Å². The van der Waals surface area contributed by atoms with Crippen LogP contribution in [-0.4, -0.2) is 32.3 Å². The molecule has 148 valence electrons. The molecular weight excluding hydrogens is 371 g/mol. The molecule has 0 aromatic carbocycles. The van der Waals surface area contributed by atoms with E-state index in [0.29, 0.717) is 48.6 Å². The number of fused-ring (bicyclic) bond motifs is 2. The molecule has 0 radical (unpaired) electrons. The van der Waals surface area contributed by atoms with Crippen LogP contribution < -0.4 is 11.0 Å². The van der Waals surface area contributed by atoms with Gasteiger partial charge in [0.1, 0.15) is 6.17 Å². The van der Waals surface area contributed by atoms with Gasteiger partial charge in [-0.3, -0.25) is 20.1 Å². The van der Waals surface area contributed by atoms with E-state index in [0.717, 1.165) is 11.8 Å². The minimum absolute atomic E-state index is 0.153. The van der Waals surface area contributed by atoms with Crippen molar-refractivity contribution in [2.24, 2.45) is 0 Å². The predicted octanol–water partition coefficient (Wildman–Crippen LogP) is 2.56. The van der Waals surface area contributed by atoms with Gasteiger partial charge in [0.05, 0.1) is 5.56 Å². The summed E-state index contributed by atoms with van der Waals surface area (Å²) in [6.45, 7) is 4.75. The van der Waals surface area contributed by atoms with Crippen molar-refractivity contribution in [3.63, 3.8) is 0 Å². The highest BCUT2D eigenvalue weighted by Gasteiger charge is 2.34. The van der Waals surface area contributed by atoms with Gasteiger partial charge >= 0.3 is 6.18 Å². The second-order valence-corrected chi connectivity index (χ2v) is 7.10. The SMILES string of the molecule is CCc1cnc2n(c1=O)NC(N1CCc3ncc(C(F)(F)F)cc3C1)C(C)=C2. The Bertz CT molecular complexity index is 1010. The second kappa shape index (κ2) is 6.73. The van der Waals surface area contributed by atoms with Crippen molar-refractivity contribution >= 4 is 6.08 Å². The van der Waals surface area contributed by atoms with E-state index < -0.39 is 11.7 Å².